The third kappa shape index (κ3) is 0.773. The Morgan fingerprint density at radius 1 is 1.43 bits per heavy atom. The number of Topliss-reactive ketones (excluding diaryl/α,β-unsaturated/α-hetero) is 1. The molecule has 2 heteroatoms. The van der Waals surface area contributed by atoms with E-state index < -0.39 is 0 Å². The Labute approximate surface area is 82.2 Å². The molecule has 1 aromatic carbocycles. The van der Waals surface area contributed by atoms with Crippen molar-refractivity contribution in [1.82, 2.24) is 0 Å². The van der Waals surface area contributed by atoms with E-state index in [1.54, 1.807) is 0 Å². The highest BCUT2D eigenvalue weighted by atomic mass is 16.1. The van der Waals surface area contributed by atoms with Crippen LogP contribution in [-0.4, -0.2) is 5.78 Å². The van der Waals surface area contributed by atoms with Crippen molar-refractivity contribution in [3.05, 3.63) is 34.9 Å². The summed E-state index contributed by atoms with van der Waals surface area (Å²) in [4.78, 5) is 11.6. The molecule has 0 spiro atoms. The molecule has 0 aromatic heterocycles. The molecule has 0 radical (unpaired) electrons. The summed E-state index contributed by atoms with van der Waals surface area (Å²) in [6.07, 6.45) is 1.62. The van der Waals surface area contributed by atoms with Gasteiger partial charge in [0.15, 0.2) is 0 Å². The van der Waals surface area contributed by atoms with Gasteiger partial charge in [0.25, 0.3) is 0 Å². The molecule has 1 fully saturated rings. The fourth-order valence-electron chi connectivity index (χ4n) is 2.83. The Bertz CT molecular complexity index is 470. The standard InChI is InChI=1S/C12H9NO/c13-6-7-2-1-3-9-8-4-10(12(7)9)11(14)5-8/h1-3,8,10H,4-5H2. The van der Waals surface area contributed by atoms with Gasteiger partial charge in [-0.1, -0.05) is 12.1 Å². The average molecular weight is 183 g/mol. The number of ketones is 1. The van der Waals surface area contributed by atoms with Gasteiger partial charge in [0.1, 0.15) is 5.78 Å². The number of rotatable bonds is 0. The second kappa shape index (κ2) is 2.45. The molecule has 3 rings (SSSR count). The van der Waals surface area contributed by atoms with Crippen molar-refractivity contribution in [3.8, 4) is 6.07 Å². The Hall–Kier alpha value is -1.62. The first-order valence-electron chi connectivity index (χ1n) is 4.87. The van der Waals surface area contributed by atoms with Crippen molar-refractivity contribution in [2.45, 2.75) is 24.7 Å². The van der Waals surface area contributed by atoms with E-state index in [9.17, 15) is 4.79 Å². The minimum Gasteiger partial charge on any atom is -0.299 e. The van der Waals surface area contributed by atoms with Gasteiger partial charge >= 0.3 is 0 Å². The average Bonchev–Trinajstić information content (AvgIpc) is 2.74. The lowest BCUT2D eigenvalue weighted by atomic mass is 9.88. The summed E-state index contributed by atoms with van der Waals surface area (Å²) in [6.45, 7) is 0. The van der Waals surface area contributed by atoms with E-state index in [2.05, 4.69) is 12.1 Å². The monoisotopic (exact) mass is 183 g/mol. The Morgan fingerprint density at radius 2 is 2.29 bits per heavy atom. The molecule has 1 saturated carbocycles. The van der Waals surface area contributed by atoms with Gasteiger partial charge in [0.2, 0.25) is 0 Å². The van der Waals surface area contributed by atoms with Gasteiger partial charge in [-0.15, -0.1) is 0 Å². The van der Waals surface area contributed by atoms with E-state index >= 15 is 0 Å². The third-order valence-electron chi connectivity index (χ3n) is 3.41. The van der Waals surface area contributed by atoms with Gasteiger partial charge in [-0.2, -0.15) is 5.26 Å². The molecular weight excluding hydrogens is 174 g/mol. The van der Waals surface area contributed by atoms with E-state index in [4.69, 9.17) is 5.26 Å². The first-order chi connectivity index (χ1) is 6.81. The van der Waals surface area contributed by atoms with Crippen LogP contribution in [-0.2, 0) is 4.79 Å². The molecule has 0 aliphatic heterocycles. The quantitative estimate of drug-likeness (QED) is 0.618. The first-order valence-corrected chi connectivity index (χ1v) is 4.87. The van der Waals surface area contributed by atoms with Crippen molar-refractivity contribution in [2.75, 3.05) is 0 Å². The molecule has 2 atom stereocenters. The molecular formula is C12H9NO. The largest absolute Gasteiger partial charge is 0.299 e. The third-order valence-corrected chi connectivity index (χ3v) is 3.41. The topological polar surface area (TPSA) is 40.9 Å². The second-order valence-corrected chi connectivity index (χ2v) is 4.08. The van der Waals surface area contributed by atoms with E-state index in [0.717, 1.165) is 12.0 Å². The maximum Gasteiger partial charge on any atom is 0.141 e. The fraction of sp³-hybridized carbons (Fsp3) is 0.333. The van der Waals surface area contributed by atoms with Gasteiger partial charge in [0, 0.05) is 12.3 Å². The molecule has 0 saturated heterocycles. The van der Waals surface area contributed by atoms with Crippen LogP contribution in [0.4, 0.5) is 0 Å². The number of hydrogen-bond acceptors (Lipinski definition) is 2. The number of benzene rings is 1. The predicted octanol–water partition coefficient (Wildman–Crippen LogP) is 2.10. The summed E-state index contributed by atoms with van der Waals surface area (Å²) in [5.74, 6) is 0.756. The van der Waals surface area contributed by atoms with Crippen molar-refractivity contribution in [2.24, 2.45) is 0 Å². The molecule has 1 aromatic rings. The number of carbonyl (C=O) groups excluding carboxylic acids is 1. The molecule has 68 valence electrons. The van der Waals surface area contributed by atoms with Crippen molar-refractivity contribution >= 4 is 5.78 Å². The molecule has 0 amide bonds. The fourth-order valence-corrected chi connectivity index (χ4v) is 2.83. The Morgan fingerprint density at radius 3 is 3.07 bits per heavy atom. The second-order valence-electron chi connectivity index (χ2n) is 4.08. The normalized spacial score (nSPS) is 27.5. The zero-order valence-electron chi connectivity index (χ0n) is 7.66. The highest BCUT2D eigenvalue weighted by molar-refractivity contribution is 5.92. The van der Waals surface area contributed by atoms with Crippen LogP contribution >= 0.6 is 0 Å². The van der Waals surface area contributed by atoms with Gasteiger partial charge in [-0.05, 0) is 29.5 Å². The molecule has 0 N–H and O–H groups in total. The number of fused-ring (bicyclic) bond motifs is 5. The highest BCUT2D eigenvalue weighted by Crippen LogP contribution is 2.51. The number of nitriles is 1. The van der Waals surface area contributed by atoms with Crippen LogP contribution in [0.2, 0.25) is 0 Å². The summed E-state index contributed by atoms with van der Waals surface area (Å²) in [6, 6.07) is 7.97. The Balaban J connectivity index is 2.28. The highest BCUT2D eigenvalue weighted by Gasteiger charge is 2.43. The summed E-state index contributed by atoms with van der Waals surface area (Å²) in [5, 5.41) is 8.95. The van der Waals surface area contributed by atoms with Gasteiger partial charge < -0.3 is 0 Å². The molecule has 14 heavy (non-hydrogen) atoms. The van der Waals surface area contributed by atoms with Crippen molar-refractivity contribution in [3.63, 3.8) is 0 Å². The molecule has 2 bridgehead atoms. The van der Waals surface area contributed by atoms with Gasteiger partial charge in [-0.3, -0.25) is 4.79 Å². The van der Waals surface area contributed by atoms with E-state index in [1.807, 2.05) is 12.1 Å². The maximum absolute atomic E-state index is 11.6. The predicted molar refractivity (Wildman–Crippen MR) is 50.9 cm³/mol. The van der Waals surface area contributed by atoms with E-state index in [1.165, 1.54) is 5.56 Å². The smallest absolute Gasteiger partial charge is 0.141 e. The maximum atomic E-state index is 11.6. The SMILES string of the molecule is N#Cc1cccc2c1C1CC2CC1=O. The van der Waals surface area contributed by atoms with Gasteiger partial charge in [0.05, 0.1) is 11.6 Å². The Kier molecular flexibility index (Phi) is 1.36. The number of hydrogen-bond donors (Lipinski definition) is 0. The zero-order valence-corrected chi connectivity index (χ0v) is 7.66. The minimum atomic E-state index is 0.0332. The summed E-state index contributed by atoms with van der Waals surface area (Å²) < 4.78 is 0. The van der Waals surface area contributed by atoms with Crippen LogP contribution in [0.1, 0.15) is 41.4 Å². The van der Waals surface area contributed by atoms with Crippen LogP contribution in [0.3, 0.4) is 0 Å². The van der Waals surface area contributed by atoms with E-state index in [-0.39, 0.29) is 5.92 Å². The lowest BCUT2D eigenvalue weighted by Crippen LogP contribution is -2.10. The lowest BCUT2D eigenvalue weighted by molar-refractivity contribution is -0.118. The van der Waals surface area contributed by atoms with Crippen molar-refractivity contribution < 1.29 is 4.79 Å². The van der Waals surface area contributed by atoms with E-state index in [0.29, 0.717) is 23.7 Å². The minimum absolute atomic E-state index is 0.0332. The molecule has 2 aliphatic rings. The lowest BCUT2D eigenvalue weighted by Gasteiger charge is -2.14. The zero-order chi connectivity index (χ0) is 9.71. The number of carbonyl (C=O) groups is 1. The molecule has 2 nitrogen and oxygen atoms in total. The number of nitrogens with zero attached hydrogens (tertiary/aromatic N) is 1. The summed E-state index contributed by atoms with van der Waals surface area (Å²) in [5.41, 5.74) is 2.97. The van der Waals surface area contributed by atoms with Crippen molar-refractivity contribution in [1.29, 1.82) is 5.26 Å². The first kappa shape index (κ1) is 7.75. The van der Waals surface area contributed by atoms with Crippen LogP contribution in [0.15, 0.2) is 18.2 Å². The summed E-state index contributed by atoms with van der Waals surface area (Å²) >= 11 is 0. The molecule has 0 heterocycles. The molecule has 2 unspecified atom stereocenters. The van der Waals surface area contributed by atoms with Crippen LogP contribution in [0, 0.1) is 11.3 Å². The molecule has 2 aliphatic carbocycles. The van der Waals surface area contributed by atoms with Crippen LogP contribution < -0.4 is 0 Å². The van der Waals surface area contributed by atoms with Crippen LogP contribution in [0.5, 0.6) is 0 Å². The van der Waals surface area contributed by atoms with Gasteiger partial charge in [-0.25, -0.2) is 0 Å². The van der Waals surface area contributed by atoms with Crippen LogP contribution in [0.25, 0.3) is 0 Å². The summed E-state index contributed by atoms with van der Waals surface area (Å²) in [7, 11) is 0.